The van der Waals surface area contributed by atoms with Gasteiger partial charge in [-0.25, -0.2) is 0 Å². The van der Waals surface area contributed by atoms with E-state index in [0.29, 0.717) is 0 Å². The van der Waals surface area contributed by atoms with Gasteiger partial charge in [-0.05, 0) is 81.6 Å². The summed E-state index contributed by atoms with van der Waals surface area (Å²) in [4.78, 5) is 0. The predicted octanol–water partition coefficient (Wildman–Crippen LogP) is 13.7. The molecule has 0 atom stereocenters. The van der Waals surface area contributed by atoms with Gasteiger partial charge in [0.1, 0.15) is 16.1 Å². The van der Waals surface area contributed by atoms with E-state index in [-0.39, 0.29) is 5.41 Å². The van der Waals surface area contributed by atoms with Crippen LogP contribution in [0.3, 0.4) is 0 Å². The fourth-order valence-corrected chi connectivity index (χ4v) is 8.50. The van der Waals surface area contributed by atoms with Gasteiger partial charge in [0.15, 0.2) is 0 Å². The summed E-state index contributed by atoms with van der Waals surface area (Å²) in [6.07, 6.45) is 12.6. The molecule has 49 heavy (non-hydrogen) atoms. The minimum Gasteiger partial charge on any atom is -0.127 e. The maximum absolute atomic E-state index is 3.57. The number of hydrogen-bond acceptors (Lipinski definition) is 0. The molecule has 0 spiro atoms. The van der Waals surface area contributed by atoms with E-state index >= 15 is 0 Å². The lowest BCUT2D eigenvalue weighted by molar-refractivity contribution is 0.402. The van der Waals surface area contributed by atoms with E-state index in [0.717, 1.165) is 11.1 Å². The van der Waals surface area contributed by atoms with Crippen LogP contribution in [0.15, 0.2) is 84.9 Å². The third kappa shape index (κ3) is 8.97. The molecule has 0 radical (unpaired) electrons. The van der Waals surface area contributed by atoms with E-state index in [4.69, 9.17) is 0 Å². The molecule has 0 bridgehead atoms. The molecule has 0 nitrogen and oxygen atoms in total. The molecular formula is C47H58Si2. The van der Waals surface area contributed by atoms with E-state index in [9.17, 15) is 0 Å². The van der Waals surface area contributed by atoms with Crippen LogP contribution >= 0.6 is 0 Å². The van der Waals surface area contributed by atoms with Crippen LogP contribution < -0.4 is 0 Å². The highest BCUT2D eigenvalue weighted by Gasteiger charge is 2.44. The Morgan fingerprint density at radius 1 is 0.490 bits per heavy atom. The average Bonchev–Trinajstić information content (AvgIpc) is 3.36. The van der Waals surface area contributed by atoms with Crippen molar-refractivity contribution in [1.82, 2.24) is 0 Å². The molecule has 0 saturated heterocycles. The highest BCUT2D eigenvalue weighted by Crippen LogP contribution is 2.58. The van der Waals surface area contributed by atoms with Crippen LogP contribution in [-0.2, 0) is 5.41 Å². The lowest BCUT2D eigenvalue weighted by Crippen LogP contribution is -2.26. The highest BCUT2D eigenvalue weighted by atomic mass is 28.3. The zero-order valence-electron chi connectivity index (χ0n) is 31.7. The number of unbranched alkanes of at least 4 members (excludes halogenated alkanes) is 6. The van der Waals surface area contributed by atoms with Crippen LogP contribution in [0.2, 0.25) is 39.3 Å². The Balaban J connectivity index is 1.75. The van der Waals surface area contributed by atoms with Crippen molar-refractivity contribution in [3.05, 3.63) is 107 Å². The SMILES string of the molecule is CCCCCCC1(CCCCCC)c2ccccc2-c2ccc(-c3ccc(C#C[Si](C)(C)C)cc3)c(-c3ccc(C#C[Si](C)(C)C)cc3)c21. The summed E-state index contributed by atoms with van der Waals surface area (Å²) in [5, 5.41) is 0. The molecule has 0 saturated carbocycles. The van der Waals surface area contributed by atoms with E-state index in [1.54, 1.807) is 11.1 Å². The van der Waals surface area contributed by atoms with Crippen LogP contribution in [-0.4, -0.2) is 16.1 Å². The molecule has 1 aliphatic carbocycles. The third-order valence-corrected chi connectivity index (χ3v) is 11.6. The lowest BCUT2D eigenvalue weighted by atomic mass is 9.68. The first-order chi connectivity index (χ1) is 23.5. The molecule has 5 rings (SSSR count). The Hall–Kier alpha value is -3.57. The molecular weight excluding hydrogens is 621 g/mol. The fourth-order valence-electron chi connectivity index (χ4n) is 7.46. The second-order valence-electron chi connectivity index (χ2n) is 16.3. The summed E-state index contributed by atoms with van der Waals surface area (Å²) in [6, 6.07) is 32.5. The summed E-state index contributed by atoms with van der Waals surface area (Å²) in [5.74, 6) is 6.98. The zero-order valence-corrected chi connectivity index (χ0v) is 33.7. The van der Waals surface area contributed by atoms with Gasteiger partial charge in [-0.2, -0.15) is 0 Å². The minimum atomic E-state index is -1.47. The highest BCUT2D eigenvalue weighted by molar-refractivity contribution is 6.84. The van der Waals surface area contributed by atoms with Crippen molar-refractivity contribution in [3.63, 3.8) is 0 Å². The number of benzene rings is 4. The van der Waals surface area contributed by atoms with Crippen molar-refractivity contribution in [2.45, 2.75) is 123 Å². The molecule has 4 aromatic carbocycles. The monoisotopic (exact) mass is 678 g/mol. The van der Waals surface area contributed by atoms with Crippen LogP contribution in [0.5, 0.6) is 0 Å². The summed E-state index contributed by atoms with van der Waals surface area (Å²) < 4.78 is 0. The van der Waals surface area contributed by atoms with Crippen molar-refractivity contribution in [1.29, 1.82) is 0 Å². The maximum atomic E-state index is 3.57. The van der Waals surface area contributed by atoms with Crippen molar-refractivity contribution >= 4 is 16.1 Å². The van der Waals surface area contributed by atoms with E-state index in [1.165, 1.54) is 97.6 Å². The summed E-state index contributed by atoms with van der Waals surface area (Å²) in [5.41, 5.74) is 20.6. The van der Waals surface area contributed by atoms with Gasteiger partial charge < -0.3 is 0 Å². The van der Waals surface area contributed by atoms with E-state index < -0.39 is 16.1 Å². The zero-order chi connectivity index (χ0) is 35.1. The van der Waals surface area contributed by atoms with Gasteiger partial charge in [-0.1, -0.05) is 177 Å². The predicted molar refractivity (Wildman–Crippen MR) is 221 cm³/mol. The van der Waals surface area contributed by atoms with Gasteiger partial charge >= 0.3 is 0 Å². The summed E-state index contributed by atoms with van der Waals surface area (Å²) in [7, 11) is -2.92. The Morgan fingerprint density at radius 3 is 1.49 bits per heavy atom. The van der Waals surface area contributed by atoms with Crippen LogP contribution in [0.25, 0.3) is 33.4 Å². The molecule has 0 amide bonds. The number of hydrogen-bond donors (Lipinski definition) is 0. The average molecular weight is 679 g/mol. The largest absolute Gasteiger partial charge is 0.129 e. The Morgan fingerprint density at radius 2 is 0.980 bits per heavy atom. The first-order valence-electron chi connectivity index (χ1n) is 19.0. The van der Waals surface area contributed by atoms with Crippen molar-refractivity contribution in [2.75, 3.05) is 0 Å². The van der Waals surface area contributed by atoms with Crippen LogP contribution in [0.1, 0.15) is 100 Å². The van der Waals surface area contributed by atoms with Gasteiger partial charge in [0.2, 0.25) is 0 Å². The molecule has 0 aromatic heterocycles. The van der Waals surface area contributed by atoms with Gasteiger partial charge in [0.05, 0.1) is 0 Å². The van der Waals surface area contributed by atoms with E-state index in [1.807, 2.05) is 0 Å². The van der Waals surface area contributed by atoms with Gasteiger partial charge in [-0.3, -0.25) is 0 Å². The van der Waals surface area contributed by atoms with Gasteiger partial charge in [0.25, 0.3) is 0 Å². The van der Waals surface area contributed by atoms with Crippen LogP contribution in [0.4, 0.5) is 0 Å². The fraction of sp³-hybridized carbons (Fsp3) is 0.404. The van der Waals surface area contributed by atoms with Crippen molar-refractivity contribution in [3.8, 4) is 56.3 Å². The van der Waals surface area contributed by atoms with Gasteiger partial charge in [-0.15, -0.1) is 11.1 Å². The molecule has 0 unspecified atom stereocenters. The van der Waals surface area contributed by atoms with Crippen molar-refractivity contribution in [2.24, 2.45) is 0 Å². The van der Waals surface area contributed by atoms with Crippen molar-refractivity contribution < 1.29 is 0 Å². The molecule has 2 heteroatoms. The first-order valence-corrected chi connectivity index (χ1v) is 26.0. The molecule has 254 valence electrons. The maximum Gasteiger partial charge on any atom is 0.129 e. The normalized spacial score (nSPS) is 13.1. The Bertz CT molecular complexity index is 1830. The second kappa shape index (κ2) is 16.0. The quantitative estimate of drug-likeness (QED) is 0.0795. The third-order valence-electron chi connectivity index (χ3n) is 9.86. The molecule has 1 aliphatic rings. The topological polar surface area (TPSA) is 0 Å². The summed E-state index contributed by atoms with van der Waals surface area (Å²) in [6.45, 7) is 18.5. The lowest BCUT2D eigenvalue weighted by Gasteiger charge is -2.35. The first kappa shape index (κ1) is 36.7. The molecule has 0 fully saturated rings. The second-order valence-corrected chi connectivity index (χ2v) is 25.8. The molecule has 0 aliphatic heterocycles. The number of rotatable bonds is 12. The minimum absolute atomic E-state index is 0.00217. The molecule has 0 heterocycles. The standard InChI is InChI=1S/C47H58Si2/c1-9-11-13-17-33-47(34-18-14-12-10-2)44-20-16-15-19-42(44)43-30-29-41(39-25-21-37(22-26-39)31-35-48(3,4)5)45(46(43)47)40-27-23-38(24-28-40)32-36-49(6,7)8/h15-16,19-30H,9-14,17-18,33-34H2,1-8H3. The molecule has 4 aromatic rings. The van der Waals surface area contributed by atoms with Gasteiger partial charge in [0, 0.05) is 16.5 Å². The summed E-state index contributed by atoms with van der Waals surface area (Å²) >= 11 is 0. The van der Waals surface area contributed by atoms with E-state index in [2.05, 4.69) is 161 Å². The Kier molecular flexibility index (Phi) is 12.0. The molecule has 0 N–H and O–H groups in total. The smallest absolute Gasteiger partial charge is 0.127 e. The van der Waals surface area contributed by atoms with Crippen LogP contribution in [0, 0.1) is 22.9 Å². The number of fused-ring (bicyclic) bond motifs is 3. The Labute approximate surface area is 301 Å².